The number of unbranched alkanes of at least 4 members (excludes halogenated alkanes) is 2. The van der Waals surface area contributed by atoms with Crippen LogP contribution in [0.1, 0.15) is 46.5 Å². The predicted octanol–water partition coefficient (Wildman–Crippen LogP) is 3.94. The molecule has 0 aliphatic carbocycles. The Kier molecular flexibility index (Phi) is 8.12. The first-order valence-electron chi connectivity index (χ1n) is 7.86. The van der Waals surface area contributed by atoms with Crippen molar-refractivity contribution in [2.75, 3.05) is 25.4 Å². The fraction of sp³-hybridized carbons (Fsp3) is 0.647. The van der Waals surface area contributed by atoms with Crippen LogP contribution in [-0.2, 0) is 0 Å². The van der Waals surface area contributed by atoms with Crippen LogP contribution < -0.4 is 10.5 Å². The van der Waals surface area contributed by atoms with Crippen LogP contribution in [0.25, 0.3) is 0 Å². The molecular weight excluding hydrogens is 248 g/mol. The Balaban J connectivity index is 2.25. The highest BCUT2D eigenvalue weighted by Gasteiger charge is 2.08. The summed E-state index contributed by atoms with van der Waals surface area (Å²) in [5.74, 6) is 0.801. The second kappa shape index (κ2) is 9.65. The zero-order chi connectivity index (χ0) is 14.8. The number of hydrogen-bond acceptors (Lipinski definition) is 3. The SMILES string of the molecule is CCCCCN(CCCOc1ccccc1N)C(C)C. The molecule has 114 valence electrons. The maximum Gasteiger partial charge on any atom is 0.142 e. The highest BCUT2D eigenvalue weighted by atomic mass is 16.5. The maximum absolute atomic E-state index is 5.86. The molecule has 3 nitrogen and oxygen atoms in total. The maximum atomic E-state index is 5.86. The molecular formula is C17H30N2O. The van der Waals surface area contributed by atoms with Gasteiger partial charge in [-0.15, -0.1) is 0 Å². The Morgan fingerprint density at radius 2 is 1.80 bits per heavy atom. The van der Waals surface area contributed by atoms with Gasteiger partial charge >= 0.3 is 0 Å². The Labute approximate surface area is 124 Å². The molecule has 0 heterocycles. The minimum absolute atomic E-state index is 0.605. The fourth-order valence-corrected chi connectivity index (χ4v) is 2.25. The van der Waals surface area contributed by atoms with Gasteiger partial charge in [0.1, 0.15) is 5.75 Å². The van der Waals surface area contributed by atoms with Gasteiger partial charge in [0.2, 0.25) is 0 Å². The Morgan fingerprint density at radius 1 is 1.10 bits per heavy atom. The molecule has 0 unspecified atom stereocenters. The molecule has 0 fully saturated rings. The molecule has 0 aromatic heterocycles. The summed E-state index contributed by atoms with van der Waals surface area (Å²) in [6.45, 7) is 9.79. The molecule has 0 bridgehead atoms. The molecule has 1 aromatic rings. The summed E-state index contributed by atoms with van der Waals surface area (Å²) in [6.07, 6.45) is 4.93. The summed E-state index contributed by atoms with van der Waals surface area (Å²) < 4.78 is 5.74. The minimum Gasteiger partial charge on any atom is -0.491 e. The average Bonchev–Trinajstić information content (AvgIpc) is 2.43. The number of rotatable bonds is 10. The summed E-state index contributed by atoms with van der Waals surface area (Å²) in [5, 5.41) is 0. The molecule has 0 spiro atoms. The number of hydrogen-bond donors (Lipinski definition) is 1. The first-order chi connectivity index (χ1) is 9.65. The molecule has 2 N–H and O–H groups in total. The van der Waals surface area contributed by atoms with Gasteiger partial charge in [-0.25, -0.2) is 0 Å². The second-order valence-corrected chi connectivity index (χ2v) is 5.58. The summed E-state index contributed by atoms with van der Waals surface area (Å²) in [6, 6.07) is 8.29. The zero-order valence-electron chi connectivity index (χ0n) is 13.3. The number of benzene rings is 1. The summed E-state index contributed by atoms with van der Waals surface area (Å²) in [5.41, 5.74) is 6.58. The van der Waals surface area contributed by atoms with Crippen LogP contribution in [0, 0.1) is 0 Å². The highest BCUT2D eigenvalue weighted by molar-refractivity contribution is 5.51. The van der Waals surface area contributed by atoms with Crippen molar-refractivity contribution >= 4 is 5.69 Å². The number of nitrogens with zero attached hydrogens (tertiary/aromatic N) is 1. The van der Waals surface area contributed by atoms with Gasteiger partial charge in [0.15, 0.2) is 0 Å². The first-order valence-corrected chi connectivity index (χ1v) is 7.86. The third-order valence-corrected chi connectivity index (χ3v) is 3.55. The van der Waals surface area contributed by atoms with Crippen LogP contribution in [0.3, 0.4) is 0 Å². The van der Waals surface area contributed by atoms with Crippen LogP contribution in [-0.4, -0.2) is 30.6 Å². The van der Waals surface area contributed by atoms with Crippen molar-refractivity contribution in [3.63, 3.8) is 0 Å². The summed E-state index contributed by atoms with van der Waals surface area (Å²) in [7, 11) is 0. The predicted molar refractivity (Wildman–Crippen MR) is 87.2 cm³/mol. The van der Waals surface area contributed by atoms with Crippen molar-refractivity contribution in [1.82, 2.24) is 4.90 Å². The highest BCUT2D eigenvalue weighted by Crippen LogP contribution is 2.19. The van der Waals surface area contributed by atoms with E-state index >= 15 is 0 Å². The lowest BCUT2D eigenvalue weighted by Crippen LogP contribution is -2.33. The van der Waals surface area contributed by atoms with Crippen LogP contribution in [0.5, 0.6) is 5.75 Å². The molecule has 0 saturated heterocycles. The van der Waals surface area contributed by atoms with E-state index in [1.807, 2.05) is 24.3 Å². The largest absolute Gasteiger partial charge is 0.491 e. The van der Waals surface area contributed by atoms with Crippen molar-refractivity contribution in [1.29, 1.82) is 0 Å². The number of para-hydroxylation sites is 2. The molecule has 3 heteroatoms. The van der Waals surface area contributed by atoms with E-state index in [1.165, 1.54) is 25.8 Å². The van der Waals surface area contributed by atoms with Gasteiger partial charge in [0.05, 0.1) is 12.3 Å². The minimum atomic E-state index is 0.605. The fourth-order valence-electron chi connectivity index (χ4n) is 2.25. The zero-order valence-corrected chi connectivity index (χ0v) is 13.3. The smallest absolute Gasteiger partial charge is 0.142 e. The van der Waals surface area contributed by atoms with Gasteiger partial charge in [-0.05, 0) is 45.4 Å². The van der Waals surface area contributed by atoms with Crippen molar-refractivity contribution in [3.8, 4) is 5.75 Å². The van der Waals surface area contributed by atoms with Crippen LogP contribution in [0.2, 0.25) is 0 Å². The second-order valence-electron chi connectivity index (χ2n) is 5.58. The van der Waals surface area contributed by atoms with E-state index in [1.54, 1.807) is 0 Å². The van der Waals surface area contributed by atoms with Crippen LogP contribution in [0.4, 0.5) is 5.69 Å². The number of nitrogens with two attached hydrogens (primary N) is 1. The van der Waals surface area contributed by atoms with Gasteiger partial charge in [0.25, 0.3) is 0 Å². The average molecular weight is 278 g/mol. The molecule has 0 amide bonds. The molecule has 0 atom stereocenters. The number of ether oxygens (including phenoxy) is 1. The normalized spacial score (nSPS) is 11.2. The van der Waals surface area contributed by atoms with E-state index in [2.05, 4.69) is 25.7 Å². The molecule has 0 saturated carbocycles. The van der Waals surface area contributed by atoms with E-state index in [4.69, 9.17) is 10.5 Å². The van der Waals surface area contributed by atoms with E-state index in [0.717, 1.165) is 31.0 Å². The van der Waals surface area contributed by atoms with Crippen LogP contribution >= 0.6 is 0 Å². The van der Waals surface area contributed by atoms with Crippen molar-refractivity contribution in [2.24, 2.45) is 0 Å². The number of nitrogen functional groups attached to an aromatic ring is 1. The third-order valence-electron chi connectivity index (χ3n) is 3.55. The van der Waals surface area contributed by atoms with Gasteiger partial charge in [-0.2, -0.15) is 0 Å². The van der Waals surface area contributed by atoms with E-state index in [9.17, 15) is 0 Å². The lowest BCUT2D eigenvalue weighted by molar-refractivity contribution is 0.195. The molecule has 1 rings (SSSR count). The lowest BCUT2D eigenvalue weighted by atomic mass is 10.2. The standard InChI is InChI=1S/C17H30N2O/c1-4-5-8-12-19(15(2)3)13-9-14-20-17-11-7-6-10-16(17)18/h6-7,10-11,15H,4-5,8-9,12-14,18H2,1-3H3. The van der Waals surface area contributed by atoms with Gasteiger partial charge < -0.3 is 15.4 Å². The lowest BCUT2D eigenvalue weighted by Gasteiger charge is -2.26. The van der Waals surface area contributed by atoms with E-state index < -0.39 is 0 Å². The summed E-state index contributed by atoms with van der Waals surface area (Å²) >= 11 is 0. The van der Waals surface area contributed by atoms with Crippen molar-refractivity contribution in [3.05, 3.63) is 24.3 Å². The van der Waals surface area contributed by atoms with E-state index in [0.29, 0.717) is 6.04 Å². The first kappa shape index (κ1) is 16.8. The quantitative estimate of drug-likeness (QED) is 0.520. The Morgan fingerprint density at radius 3 is 2.45 bits per heavy atom. The van der Waals surface area contributed by atoms with Gasteiger partial charge in [-0.3, -0.25) is 0 Å². The van der Waals surface area contributed by atoms with Gasteiger partial charge in [-0.1, -0.05) is 31.9 Å². The van der Waals surface area contributed by atoms with Crippen LogP contribution in [0.15, 0.2) is 24.3 Å². The van der Waals surface area contributed by atoms with Crippen molar-refractivity contribution in [2.45, 2.75) is 52.5 Å². The van der Waals surface area contributed by atoms with E-state index in [-0.39, 0.29) is 0 Å². The third kappa shape index (κ3) is 6.29. The Hall–Kier alpha value is -1.22. The molecule has 0 aliphatic heterocycles. The van der Waals surface area contributed by atoms with Crippen molar-refractivity contribution < 1.29 is 4.74 Å². The molecule has 0 aliphatic rings. The molecule has 20 heavy (non-hydrogen) atoms. The Bertz CT molecular complexity index is 366. The molecule has 1 aromatic carbocycles. The number of anilines is 1. The summed E-state index contributed by atoms with van der Waals surface area (Å²) in [4.78, 5) is 2.54. The molecule has 0 radical (unpaired) electrons. The monoisotopic (exact) mass is 278 g/mol. The topological polar surface area (TPSA) is 38.5 Å². The van der Waals surface area contributed by atoms with Gasteiger partial charge in [0, 0.05) is 12.6 Å².